The quantitative estimate of drug-likeness (QED) is 0.233. The molecule has 2 aromatic heterocycles. The fourth-order valence-electron chi connectivity index (χ4n) is 3.38. The van der Waals surface area contributed by atoms with Gasteiger partial charge in [0.05, 0.1) is 17.9 Å². The standard InChI is InChI=1S/C23H30N6O3/c30-22(14-8-2-6-12-20-16-24-27-25-20)32-23(31)15-9-3-7-13-21-18-29(28-26-21)17-19-10-4-1-5-11-19/h1,4-5,10-11,16,18H,2-3,6-9,12-15,17H2,(H,24,25,27). The predicted octanol–water partition coefficient (Wildman–Crippen LogP) is 3.42. The summed E-state index contributed by atoms with van der Waals surface area (Å²) in [5, 5.41) is 18.6. The molecule has 32 heavy (non-hydrogen) atoms. The number of esters is 2. The van der Waals surface area contributed by atoms with Crippen LogP contribution in [0.2, 0.25) is 0 Å². The number of aromatic nitrogens is 6. The van der Waals surface area contributed by atoms with Gasteiger partial charge in [-0.2, -0.15) is 0 Å². The second-order valence-electron chi connectivity index (χ2n) is 7.83. The molecule has 0 aliphatic rings. The molecule has 0 unspecified atom stereocenters. The molecule has 0 bridgehead atoms. The summed E-state index contributed by atoms with van der Waals surface area (Å²) in [7, 11) is 0. The number of rotatable bonds is 14. The molecule has 0 saturated heterocycles. The summed E-state index contributed by atoms with van der Waals surface area (Å²) in [6.45, 7) is 0.704. The third-order valence-corrected chi connectivity index (χ3v) is 5.10. The van der Waals surface area contributed by atoms with E-state index < -0.39 is 11.9 Å². The van der Waals surface area contributed by atoms with Crippen LogP contribution < -0.4 is 0 Å². The Balaban J connectivity index is 1.19. The molecule has 9 nitrogen and oxygen atoms in total. The number of hydrogen-bond acceptors (Lipinski definition) is 7. The molecule has 2 heterocycles. The lowest BCUT2D eigenvalue weighted by Crippen LogP contribution is -2.11. The highest BCUT2D eigenvalue weighted by atomic mass is 16.6. The number of H-pyrrole nitrogens is 1. The SMILES string of the molecule is O=C(CCCCCc1c[nH]nn1)OC(=O)CCCCCc1cn(Cc2ccccc2)nn1. The van der Waals surface area contributed by atoms with E-state index in [4.69, 9.17) is 4.74 Å². The van der Waals surface area contributed by atoms with E-state index in [1.807, 2.05) is 29.1 Å². The van der Waals surface area contributed by atoms with Gasteiger partial charge in [-0.25, -0.2) is 4.68 Å². The van der Waals surface area contributed by atoms with Crippen LogP contribution in [0.1, 0.15) is 68.3 Å². The van der Waals surface area contributed by atoms with Crippen molar-refractivity contribution in [2.45, 2.75) is 70.8 Å². The maximum atomic E-state index is 11.8. The van der Waals surface area contributed by atoms with Crippen molar-refractivity contribution in [2.75, 3.05) is 0 Å². The monoisotopic (exact) mass is 438 g/mol. The number of hydrogen-bond donors (Lipinski definition) is 1. The number of aromatic amines is 1. The molecule has 170 valence electrons. The van der Waals surface area contributed by atoms with Crippen molar-refractivity contribution >= 4 is 11.9 Å². The summed E-state index contributed by atoms with van der Waals surface area (Å²) >= 11 is 0. The summed E-state index contributed by atoms with van der Waals surface area (Å²) in [5.41, 5.74) is 3.05. The minimum Gasteiger partial charge on any atom is -0.393 e. The average Bonchev–Trinajstić information content (AvgIpc) is 3.46. The van der Waals surface area contributed by atoms with Crippen LogP contribution in [-0.2, 0) is 33.7 Å². The van der Waals surface area contributed by atoms with E-state index >= 15 is 0 Å². The Morgan fingerprint density at radius 3 is 2.19 bits per heavy atom. The first-order valence-electron chi connectivity index (χ1n) is 11.2. The lowest BCUT2D eigenvalue weighted by molar-refractivity contribution is -0.159. The van der Waals surface area contributed by atoms with Crippen molar-refractivity contribution in [1.82, 2.24) is 30.4 Å². The minimum atomic E-state index is -0.439. The van der Waals surface area contributed by atoms with Gasteiger partial charge < -0.3 is 4.74 Å². The van der Waals surface area contributed by atoms with Crippen LogP contribution in [0.15, 0.2) is 42.7 Å². The van der Waals surface area contributed by atoms with E-state index in [9.17, 15) is 9.59 Å². The average molecular weight is 439 g/mol. The van der Waals surface area contributed by atoms with Crippen molar-refractivity contribution in [3.8, 4) is 0 Å². The van der Waals surface area contributed by atoms with E-state index in [0.29, 0.717) is 19.4 Å². The highest BCUT2D eigenvalue weighted by Crippen LogP contribution is 2.09. The van der Waals surface area contributed by atoms with Crippen molar-refractivity contribution < 1.29 is 14.3 Å². The molecule has 0 spiro atoms. The molecule has 0 atom stereocenters. The summed E-state index contributed by atoms with van der Waals surface area (Å²) in [6.07, 6.45) is 10.9. The van der Waals surface area contributed by atoms with Gasteiger partial charge in [0.15, 0.2) is 0 Å². The normalized spacial score (nSPS) is 10.9. The van der Waals surface area contributed by atoms with Gasteiger partial charge in [0.1, 0.15) is 0 Å². The fourth-order valence-corrected chi connectivity index (χ4v) is 3.38. The number of carbonyl (C=O) groups excluding carboxylic acids is 2. The topological polar surface area (TPSA) is 116 Å². The number of nitrogens with one attached hydrogen (secondary N) is 1. The van der Waals surface area contributed by atoms with Crippen LogP contribution in [0.25, 0.3) is 0 Å². The van der Waals surface area contributed by atoms with E-state index in [2.05, 4.69) is 37.9 Å². The van der Waals surface area contributed by atoms with Crippen LogP contribution in [-0.4, -0.2) is 42.3 Å². The summed E-state index contributed by atoms with van der Waals surface area (Å²) in [5.74, 6) is -0.877. The van der Waals surface area contributed by atoms with Gasteiger partial charge in [0, 0.05) is 25.2 Å². The number of benzene rings is 1. The zero-order valence-corrected chi connectivity index (χ0v) is 18.3. The number of ether oxygens (including phenoxy) is 1. The first-order valence-corrected chi connectivity index (χ1v) is 11.2. The maximum Gasteiger partial charge on any atom is 0.313 e. The van der Waals surface area contributed by atoms with Gasteiger partial charge in [0.2, 0.25) is 0 Å². The Morgan fingerprint density at radius 1 is 0.844 bits per heavy atom. The molecule has 1 aromatic carbocycles. The number of aryl methyl sites for hydroxylation is 2. The highest BCUT2D eigenvalue weighted by Gasteiger charge is 2.10. The van der Waals surface area contributed by atoms with Crippen molar-refractivity contribution in [2.24, 2.45) is 0 Å². The zero-order valence-electron chi connectivity index (χ0n) is 18.3. The third kappa shape index (κ3) is 8.79. The summed E-state index contributed by atoms with van der Waals surface area (Å²) in [4.78, 5) is 23.6. The Labute approximate surface area is 187 Å². The minimum absolute atomic E-state index is 0.262. The number of unbranched alkanes of at least 4 members (excludes halogenated alkanes) is 4. The molecule has 0 radical (unpaired) electrons. The molecule has 0 fully saturated rings. The van der Waals surface area contributed by atoms with Crippen LogP contribution in [0.3, 0.4) is 0 Å². The first-order chi connectivity index (χ1) is 15.7. The fraction of sp³-hybridized carbons (Fsp3) is 0.478. The number of nitrogens with zero attached hydrogens (tertiary/aromatic N) is 5. The Hall–Kier alpha value is -3.36. The summed E-state index contributed by atoms with van der Waals surface area (Å²) in [6, 6.07) is 10.1. The van der Waals surface area contributed by atoms with Gasteiger partial charge in [-0.1, -0.05) is 53.6 Å². The van der Waals surface area contributed by atoms with Gasteiger partial charge in [0.25, 0.3) is 0 Å². The van der Waals surface area contributed by atoms with Crippen LogP contribution in [0, 0.1) is 0 Å². The second-order valence-corrected chi connectivity index (χ2v) is 7.83. The Bertz CT molecular complexity index is 940. The molecule has 9 heteroatoms. The maximum absolute atomic E-state index is 11.8. The molecule has 0 aliphatic carbocycles. The molecule has 0 amide bonds. The van der Waals surface area contributed by atoms with E-state index in [-0.39, 0.29) is 12.8 Å². The Morgan fingerprint density at radius 2 is 1.53 bits per heavy atom. The molecule has 0 aliphatic heterocycles. The number of carbonyl (C=O) groups is 2. The largest absolute Gasteiger partial charge is 0.393 e. The molecule has 1 N–H and O–H groups in total. The highest BCUT2D eigenvalue weighted by molar-refractivity contribution is 5.85. The second kappa shape index (κ2) is 13.1. The van der Waals surface area contributed by atoms with Crippen molar-refractivity contribution in [1.29, 1.82) is 0 Å². The van der Waals surface area contributed by atoms with E-state index in [1.165, 1.54) is 5.56 Å². The Kier molecular flexibility index (Phi) is 9.57. The first kappa shape index (κ1) is 23.3. The molecule has 0 saturated carbocycles. The lowest BCUT2D eigenvalue weighted by Gasteiger charge is -2.03. The van der Waals surface area contributed by atoms with Crippen LogP contribution >= 0.6 is 0 Å². The van der Waals surface area contributed by atoms with Crippen LogP contribution in [0.5, 0.6) is 0 Å². The van der Waals surface area contributed by atoms with Gasteiger partial charge >= 0.3 is 11.9 Å². The smallest absolute Gasteiger partial charge is 0.313 e. The zero-order chi connectivity index (χ0) is 22.4. The van der Waals surface area contributed by atoms with E-state index in [1.54, 1.807) is 6.20 Å². The van der Waals surface area contributed by atoms with Gasteiger partial charge in [-0.3, -0.25) is 14.7 Å². The molecular weight excluding hydrogens is 408 g/mol. The molecular formula is C23H30N6O3. The summed E-state index contributed by atoms with van der Waals surface area (Å²) < 4.78 is 6.73. The molecule has 3 rings (SSSR count). The predicted molar refractivity (Wildman–Crippen MR) is 117 cm³/mol. The van der Waals surface area contributed by atoms with E-state index in [0.717, 1.165) is 49.9 Å². The van der Waals surface area contributed by atoms with Crippen LogP contribution in [0.4, 0.5) is 0 Å². The lowest BCUT2D eigenvalue weighted by atomic mass is 10.1. The third-order valence-electron chi connectivity index (χ3n) is 5.10. The van der Waals surface area contributed by atoms with Gasteiger partial charge in [-0.05, 0) is 44.1 Å². The van der Waals surface area contributed by atoms with Crippen molar-refractivity contribution in [3.05, 3.63) is 59.7 Å². The van der Waals surface area contributed by atoms with Gasteiger partial charge in [-0.15, -0.1) is 10.2 Å². The van der Waals surface area contributed by atoms with Crippen molar-refractivity contribution in [3.63, 3.8) is 0 Å². The molecule has 3 aromatic rings.